The minimum atomic E-state index is -3.82. The van der Waals surface area contributed by atoms with Gasteiger partial charge in [-0.1, -0.05) is 20.8 Å². The maximum Gasteiger partial charge on any atom is 0.250 e. The van der Waals surface area contributed by atoms with E-state index in [0.29, 0.717) is 6.42 Å². The Bertz CT molecular complexity index is 484. The molecule has 0 heterocycles. The highest BCUT2D eigenvalue weighted by Gasteiger charge is 2.30. The van der Waals surface area contributed by atoms with Crippen LogP contribution in [0.2, 0.25) is 0 Å². The molecule has 0 aromatic rings. The largest absolute Gasteiger partial charge is 0.309 e. The van der Waals surface area contributed by atoms with Crippen LogP contribution in [0.3, 0.4) is 0 Å². The highest BCUT2D eigenvalue weighted by Crippen LogP contribution is 2.21. The van der Waals surface area contributed by atoms with Crippen LogP contribution in [0.25, 0.3) is 0 Å². The molecule has 1 amide bonds. The van der Waals surface area contributed by atoms with Gasteiger partial charge in [0.1, 0.15) is 0 Å². The van der Waals surface area contributed by atoms with Crippen molar-refractivity contribution in [2.75, 3.05) is 12.8 Å². The Kier molecular flexibility index (Phi) is 6.18. The molecule has 0 aromatic carbocycles. The zero-order chi connectivity index (χ0) is 16.2. The van der Waals surface area contributed by atoms with Gasteiger partial charge < -0.3 is 5.32 Å². The van der Waals surface area contributed by atoms with Crippen LogP contribution >= 0.6 is 0 Å². The SMILES string of the molecule is CNC(CC(C)(C)C)C(=O)NS(=O)(=O)CC(C)(C)C#N. The predicted octanol–water partition coefficient (Wildman–Crippen LogP) is 1.01. The molecule has 6 nitrogen and oxygen atoms in total. The van der Waals surface area contributed by atoms with Gasteiger partial charge in [-0.25, -0.2) is 8.42 Å². The van der Waals surface area contributed by atoms with Crippen molar-refractivity contribution < 1.29 is 13.2 Å². The molecule has 116 valence electrons. The van der Waals surface area contributed by atoms with E-state index in [0.717, 1.165) is 0 Å². The molecule has 1 atom stereocenters. The Morgan fingerprint density at radius 1 is 1.25 bits per heavy atom. The van der Waals surface area contributed by atoms with Crippen molar-refractivity contribution >= 4 is 15.9 Å². The number of likely N-dealkylation sites (N-methyl/N-ethyl adjacent to an activating group) is 1. The van der Waals surface area contributed by atoms with Gasteiger partial charge in [-0.15, -0.1) is 0 Å². The quantitative estimate of drug-likeness (QED) is 0.763. The summed E-state index contributed by atoms with van der Waals surface area (Å²) in [7, 11) is -2.21. The first-order valence-corrected chi connectivity index (χ1v) is 8.10. The van der Waals surface area contributed by atoms with E-state index in [-0.39, 0.29) is 5.41 Å². The number of nitrogens with one attached hydrogen (secondary N) is 2. The number of nitriles is 1. The van der Waals surface area contributed by atoms with Gasteiger partial charge in [0.25, 0.3) is 5.91 Å². The second kappa shape index (κ2) is 6.55. The Morgan fingerprint density at radius 2 is 1.75 bits per heavy atom. The Balaban J connectivity index is 4.86. The van der Waals surface area contributed by atoms with Crippen LogP contribution in [-0.2, 0) is 14.8 Å². The molecule has 7 heteroatoms. The second-order valence-electron chi connectivity index (χ2n) is 6.83. The highest BCUT2D eigenvalue weighted by molar-refractivity contribution is 7.90. The Morgan fingerprint density at radius 3 is 2.10 bits per heavy atom. The van der Waals surface area contributed by atoms with Crippen LogP contribution in [0.1, 0.15) is 41.0 Å². The maximum atomic E-state index is 12.0. The van der Waals surface area contributed by atoms with E-state index in [1.165, 1.54) is 13.8 Å². The summed E-state index contributed by atoms with van der Waals surface area (Å²) < 4.78 is 25.8. The second-order valence-corrected chi connectivity index (χ2v) is 8.55. The first-order valence-electron chi connectivity index (χ1n) is 6.45. The lowest BCUT2D eigenvalue weighted by Crippen LogP contribution is -2.48. The number of hydrogen-bond donors (Lipinski definition) is 2. The molecule has 0 aliphatic carbocycles. The first-order chi connectivity index (χ1) is 8.82. The third kappa shape index (κ3) is 7.46. The van der Waals surface area contributed by atoms with Crippen molar-refractivity contribution in [3.05, 3.63) is 0 Å². The molecule has 0 aromatic heterocycles. The number of sulfonamides is 1. The fourth-order valence-corrected chi connectivity index (χ4v) is 3.24. The van der Waals surface area contributed by atoms with Crippen molar-refractivity contribution in [1.29, 1.82) is 5.26 Å². The number of hydrogen-bond acceptors (Lipinski definition) is 5. The van der Waals surface area contributed by atoms with E-state index in [1.807, 2.05) is 31.6 Å². The van der Waals surface area contributed by atoms with Crippen LogP contribution in [0.15, 0.2) is 0 Å². The Hall–Kier alpha value is -1.13. The molecule has 0 rings (SSSR count). The van der Waals surface area contributed by atoms with Gasteiger partial charge in [0.05, 0.1) is 23.3 Å². The maximum absolute atomic E-state index is 12.0. The lowest BCUT2D eigenvalue weighted by Gasteiger charge is -2.25. The number of nitrogens with zero attached hydrogens (tertiary/aromatic N) is 1. The summed E-state index contributed by atoms with van der Waals surface area (Å²) in [6, 6.07) is 1.32. The molecule has 0 spiro atoms. The molecule has 0 saturated heterocycles. The summed E-state index contributed by atoms with van der Waals surface area (Å²) >= 11 is 0. The normalized spacial score (nSPS) is 14.4. The molecule has 0 saturated carbocycles. The van der Waals surface area contributed by atoms with Crippen molar-refractivity contribution in [2.45, 2.75) is 47.1 Å². The van der Waals surface area contributed by atoms with Crippen LogP contribution in [-0.4, -0.2) is 33.2 Å². The molecular weight excluding hydrogens is 278 g/mol. The topological polar surface area (TPSA) is 99.1 Å². The number of carbonyl (C=O) groups is 1. The highest BCUT2D eigenvalue weighted by atomic mass is 32.2. The van der Waals surface area contributed by atoms with Crippen LogP contribution in [0, 0.1) is 22.2 Å². The van der Waals surface area contributed by atoms with E-state index in [2.05, 4.69) is 5.32 Å². The van der Waals surface area contributed by atoms with Gasteiger partial charge in [-0.3, -0.25) is 9.52 Å². The third-order valence-electron chi connectivity index (χ3n) is 2.59. The first kappa shape index (κ1) is 18.9. The fourth-order valence-electron chi connectivity index (χ4n) is 1.71. The van der Waals surface area contributed by atoms with E-state index in [1.54, 1.807) is 7.05 Å². The smallest absolute Gasteiger partial charge is 0.250 e. The summed E-state index contributed by atoms with van der Waals surface area (Å²) in [4.78, 5) is 12.0. The average Bonchev–Trinajstić information content (AvgIpc) is 2.22. The van der Waals surface area contributed by atoms with Gasteiger partial charge in [0, 0.05) is 0 Å². The van der Waals surface area contributed by atoms with Gasteiger partial charge in [0.2, 0.25) is 10.0 Å². The minimum Gasteiger partial charge on any atom is -0.309 e. The van der Waals surface area contributed by atoms with Gasteiger partial charge in [-0.2, -0.15) is 5.26 Å². The van der Waals surface area contributed by atoms with Gasteiger partial charge >= 0.3 is 0 Å². The molecule has 0 bridgehead atoms. The standard InChI is InChI=1S/C13H25N3O3S/c1-12(2,3)7-10(15-6)11(17)16-20(18,19)9-13(4,5)8-14/h10,15H,7,9H2,1-6H3,(H,16,17). The van der Waals surface area contributed by atoms with Gasteiger partial charge in [-0.05, 0) is 32.7 Å². The Labute approximate surface area is 122 Å². The van der Waals surface area contributed by atoms with E-state index < -0.39 is 33.1 Å². The number of rotatable bonds is 6. The van der Waals surface area contributed by atoms with Crippen LogP contribution < -0.4 is 10.0 Å². The molecule has 2 N–H and O–H groups in total. The number of amides is 1. The zero-order valence-corrected chi connectivity index (χ0v) is 13.9. The summed E-state index contributed by atoms with van der Waals surface area (Å²) in [6.07, 6.45) is 0.506. The molecule has 0 radical (unpaired) electrons. The van der Waals surface area contributed by atoms with E-state index >= 15 is 0 Å². The predicted molar refractivity (Wildman–Crippen MR) is 78.2 cm³/mol. The van der Waals surface area contributed by atoms with Crippen molar-refractivity contribution in [3.8, 4) is 6.07 Å². The third-order valence-corrected chi connectivity index (χ3v) is 4.20. The van der Waals surface area contributed by atoms with Gasteiger partial charge in [0.15, 0.2) is 0 Å². The van der Waals surface area contributed by atoms with Crippen molar-refractivity contribution in [3.63, 3.8) is 0 Å². The molecule has 0 fully saturated rings. The molecule has 0 aliphatic heterocycles. The summed E-state index contributed by atoms with van der Waals surface area (Å²) in [6.45, 7) is 8.94. The summed E-state index contributed by atoms with van der Waals surface area (Å²) in [5.74, 6) is -0.995. The molecule has 0 aliphatic rings. The summed E-state index contributed by atoms with van der Waals surface area (Å²) in [5.41, 5.74) is -1.15. The average molecular weight is 303 g/mol. The minimum absolute atomic E-state index is 0.110. The molecule has 1 unspecified atom stereocenters. The number of carbonyl (C=O) groups excluding carboxylic acids is 1. The zero-order valence-electron chi connectivity index (χ0n) is 13.1. The molecule has 20 heavy (non-hydrogen) atoms. The van der Waals surface area contributed by atoms with Crippen LogP contribution in [0.4, 0.5) is 0 Å². The lowest BCUT2D eigenvalue weighted by atomic mass is 9.88. The van der Waals surface area contributed by atoms with E-state index in [9.17, 15) is 13.2 Å². The van der Waals surface area contributed by atoms with E-state index in [4.69, 9.17) is 5.26 Å². The lowest BCUT2D eigenvalue weighted by molar-refractivity contribution is -0.121. The van der Waals surface area contributed by atoms with Crippen molar-refractivity contribution in [2.24, 2.45) is 10.8 Å². The van der Waals surface area contributed by atoms with Crippen LogP contribution in [0.5, 0.6) is 0 Å². The monoisotopic (exact) mass is 303 g/mol. The fraction of sp³-hybridized carbons (Fsp3) is 0.846. The van der Waals surface area contributed by atoms with Crippen molar-refractivity contribution in [1.82, 2.24) is 10.0 Å². The molecular formula is C13H25N3O3S. The summed E-state index contributed by atoms with van der Waals surface area (Å²) in [5, 5.41) is 11.7.